The summed E-state index contributed by atoms with van der Waals surface area (Å²) >= 11 is 0. The third-order valence-corrected chi connectivity index (χ3v) is 14.7. The second-order valence-corrected chi connectivity index (χ2v) is 17.2. The number of hydrogen-bond donors (Lipinski definition) is 2. The van der Waals surface area contributed by atoms with Crippen molar-refractivity contribution in [2.24, 2.45) is 23.7 Å². The lowest BCUT2D eigenvalue weighted by atomic mass is 9.75. The lowest BCUT2D eigenvalue weighted by Crippen LogP contribution is -2.49. The average molecular weight is 413 g/mol. The van der Waals surface area contributed by atoms with Crippen LogP contribution in [0.1, 0.15) is 94.4 Å². The van der Waals surface area contributed by atoms with Gasteiger partial charge in [-0.1, -0.05) is 41.5 Å². The van der Waals surface area contributed by atoms with Gasteiger partial charge in [-0.2, -0.15) is 0 Å². The van der Waals surface area contributed by atoms with Crippen molar-refractivity contribution < 1.29 is 14.6 Å². The summed E-state index contributed by atoms with van der Waals surface area (Å²) in [5, 5.41) is 21.8. The summed E-state index contributed by atoms with van der Waals surface area (Å²) in [7, 11) is -1.87. The molecule has 0 bridgehead atoms. The van der Waals surface area contributed by atoms with Crippen molar-refractivity contribution >= 4 is 8.32 Å². The second kappa shape index (κ2) is 8.68. The molecule has 0 aliphatic heterocycles. The zero-order chi connectivity index (χ0) is 21.5. The van der Waals surface area contributed by atoms with Gasteiger partial charge in [-0.25, -0.2) is 0 Å². The molecule has 5 atom stereocenters. The SMILES string of the molecule is CC(C)[Si](OC[C@@H]1CC[C@H](C(C)(C)O)C[C@H]2[C@@H]1CC[C@]2(C)O)(C(C)C)C(C)C. The standard InChI is InChI=1S/C24H48O3Si/c1-16(2)28(17(3)4,18(5)6)27-15-19-10-11-20(23(7,8)25)14-22-21(19)12-13-24(22,9)26/h16-22,25-26H,10-15H2,1-9H3/t19-,20-,21+,22-,24-/m0/s1. The first-order valence-electron chi connectivity index (χ1n) is 11.8. The molecule has 166 valence electrons. The maximum absolute atomic E-state index is 11.1. The fourth-order valence-corrected chi connectivity index (χ4v) is 12.5. The maximum atomic E-state index is 11.1. The summed E-state index contributed by atoms with van der Waals surface area (Å²) in [5.41, 5.74) is 0.532. The first-order valence-corrected chi connectivity index (χ1v) is 14.0. The Kier molecular flexibility index (Phi) is 7.56. The van der Waals surface area contributed by atoms with Gasteiger partial charge in [0.25, 0.3) is 0 Å². The molecule has 0 unspecified atom stereocenters. The lowest BCUT2D eigenvalue weighted by Gasteiger charge is -2.43. The van der Waals surface area contributed by atoms with E-state index in [4.69, 9.17) is 4.43 Å². The Labute approximate surface area is 175 Å². The highest BCUT2D eigenvalue weighted by molar-refractivity contribution is 6.77. The van der Waals surface area contributed by atoms with Crippen molar-refractivity contribution in [3.63, 3.8) is 0 Å². The van der Waals surface area contributed by atoms with Crippen LogP contribution in [-0.4, -0.2) is 36.3 Å². The molecule has 0 spiro atoms. The summed E-state index contributed by atoms with van der Waals surface area (Å²) in [6.45, 7) is 20.9. The van der Waals surface area contributed by atoms with E-state index in [1.807, 2.05) is 20.8 Å². The summed E-state index contributed by atoms with van der Waals surface area (Å²) < 4.78 is 7.00. The monoisotopic (exact) mass is 412 g/mol. The summed E-state index contributed by atoms with van der Waals surface area (Å²) in [6.07, 6.45) is 5.09. The van der Waals surface area contributed by atoms with Crippen molar-refractivity contribution in [2.75, 3.05) is 6.61 Å². The molecule has 3 nitrogen and oxygen atoms in total. The van der Waals surface area contributed by atoms with Gasteiger partial charge < -0.3 is 14.6 Å². The van der Waals surface area contributed by atoms with Gasteiger partial charge in [-0.05, 0) is 93.2 Å². The van der Waals surface area contributed by atoms with Gasteiger partial charge >= 0.3 is 0 Å². The molecule has 2 saturated carbocycles. The average Bonchev–Trinajstić information content (AvgIpc) is 2.71. The van der Waals surface area contributed by atoms with E-state index >= 15 is 0 Å². The smallest absolute Gasteiger partial charge is 0.200 e. The van der Waals surface area contributed by atoms with E-state index in [0.29, 0.717) is 28.5 Å². The predicted octanol–water partition coefficient (Wildman–Crippen LogP) is 6.14. The molecule has 0 aromatic rings. The third-order valence-electron chi connectivity index (χ3n) is 8.58. The lowest BCUT2D eigenvalue weighted by molar-refractivity contribution is -0.0354. The Morgan fingerprint density at radius 2 is 1.54 bits per heavy atom. The number of hydrogen-bond acceptors (Lipinski definition) is 3. The summed E-state index contributed by atoms with van der Waals surface area (Å²) in [6, 6.07) is 0. The molecule has 0 amide bonds. The normalized spacial score (nSPS) is 34.9. The maximum Gasteiger partial charge on any atom is 0.200 e. The largest absolute Gasteiger partial charge is 0.416 e. The van der Waals surface area contributed by atoms with E-state index in [1.165, 1.54) is 0 Å². The summed E-state index contributed by atoms with van der Waals surface area (Å²) in [4.78, 5) is 0. The topological polar surface area (TPSA) is 49.7 Å². The van der Waals surface area contributed by atoms with Gasteiger partial charge in [-0.3, -0.25) is 0 Å². The van der Waals surface area contributed by atoms with Crippen molar-refractivity contribution in [1.29, 1.82) is 0 Å². The van der Waals surface area contributed by atoms with E-state index < -0.39 is 19.5 Å². The molecule has 2 N–H and O–H groups in total. The van der Waals surface area contributed by atoms with Crippen LogP contribution in [0.5, 0.6) is 0 Å². The molecule has 0 heterocycles. The Balaban J connectivity index is 2.24. The van der Waals surface area contributed by atoms with Gasteiger partial charge in [0, 0.05) is 6.61 Å². The van der Waals surface area contributed by atoms with Gasteiger partial charge in [0.2, 0.25) is 0 Å². The van der Waals surface area contributed by atoms with E-state index in [2.05, 4.69) is 41.5 Å². The number of rotatable bonds is 7. The van der Waals surface area contributed by atoms with Crippen molar-refractivity contribution in [2.45, 2.75) is 122 Å². The van der Waals surface area contributed by atoms with Crippen LogP contribution in [0.15, 0.2) is 0 Å². The molecule has 0 aromatic carbocycles. The molecule has 2 fully saturated rings. The quantitative estimate of drug-likeness (QED) is 0.494. The molecule has 2 rings (SSSR count). The number of aliphatic hydroxyl groups is 2. The highest BCUT2D eigenvalue weighted by atomic mass is 28.4. The van der Waals surface area contributed by atoms with Crippen LogP contribution in [0, 0.1) is 23.7 Å². The molecule has 0 radical (unpaired) electrons. The molecule has 0 aromatic heterocycles. The highest BCUT2D eigenvalue weighted by Gasteiger charge is 2.51. The fraction of sp³-hybridized carbons (Fsp3) is 1.00. The van der Waals surface area contributed by atoms with E-state index in [-0.39, 0.29) is 11.8 Å². The fourth-order valence-electron chi connectivity index (χ4n) is 6.95. The summed E-state index contributed by atoms with van der Waals surface area (Å²) in [5.74, 6) is 1.58. The van der Waals surface area contributed by atoms with Crippen LogP contribution in [0.3, 0.4) is 0 Å². The van der Waals surface area contributed by atoms with Crippen LogP contribution in [-0.2, 0) is 4.43 Å². The Morgan fingerprint density at radius 3 is 2.00 bits per heavy atom. The van der Waals surface area contributed by atoms with E-state index in [1.54, 1.807) is 0 Å². The molecule has 0 saturated heterocycles. The molecular weight excluding hydrogens is 364 g/mol. The first kappa shape index (κ1) is 24.4. The van der Waals surface area contributed by atoms with Crippen LogP contribution < -0.4 is 0 Å². The van der Waals surface area contributed by atoms with Gasteiger partial charge in [0.1, 0.15) is 0 Å². The van der Waals surface area contributed by atoms with Crippen LogP contribution in [0.4, 0.5) is 0 Å². The molecule has 2 aliphatic carbocycles. The Hall–Kier alpha value is 0.0969. The minimum Gasteiger partial charge on any atom is -0.416 e. The predicted molar refractivity (Wildman–Crippen MR) is 121 cm³/mol. The van der Waals surface area contributed by atoms with Crippen LogP contribution in [0.2, 0.25) is 16.6 Å². The second-order valence-electron chi connectivity index (χ2n) is 11.7. The van der Waals surface area contributed by atoms with Crippen molar-refractivity contribution in [3.05, 3.63) is 0 Å². The van der Waals surface area contributed by atoms with E-state index in [0.717, 1.165) is 38.7 Å². The highest BCUT2D eigenvalue weighted by Crippen LogP contribution is 2.53. The third kappa shape index (κ3) is 4.71. The molecule has 4 heteroatoms. The molecular formula is C24H48O3Si. The van der Waals surface area contributed by atoms with Crippen LogP contribution >= 0.6 is 0 Å². The minimum absolute atomic E-state index is 0.261. The van der Waals surface area contributed by atoms with Gasteiger partial charge in [-0.15, -0.1) is 0 Å². The van der Waals surface area contributed by atoms with Crippen LogP contribution in [0.25, 0.3) is 0 Å². The molecule has 2 aliphatic rings. The minimum atomic E-state index is -1.87. The van der Waals surface area contributed by atoms with Gasteiger partial charge in [0.05, 0.1) is 11.2 Å². The van der Waals surface area contributed by atoms with Gasteiger partial charge in [0.15, 0.2) is 8.32 Å². The zero-order valence-corrected chi connectivity index (χ0v) is 21.1. The van der Waals surface area contributed by atoms with Crippen molar-refractivity contribution in [1.82, 2.24) is 0 Å². The zero-order valence-electron chi connectivity index (χ0n) is 20.1. The van der Waals surface area contributed by atoms with Crippen molar-refractivity contribution in [3.8, 4) is 0 Å². The number of fused-ring (bicyclic) bond motifs is 1. The molecule has 28 heavy (non-hydrogen) atoms. The van der Waals surface area contributed by atoms with E-state index in [9.17, 15) is 10.2 Å². The Morgan fingerprint density at radius 1 is 1.00 bits per heavy atom. The first-order chi connectivity index (χ1) is 12.7. The Bertz CT molecular complexity index is 485.